The third kappa shape index (κ3) is 30.3. The SMILES string of the molecule is CCCCCC/C=C/CCCCCCCC(=O)N[C@@H](CO)[C@H](O)/C=C/CCCCCCCCCCCCCCCCC. The van der Waals surface area contributed by atoms with Gasteiger partial charge in [0.05, 0.1) is 18.8 Å². The molecule has 0 aromatic rings. The molecule has 248 valence electrons. The molecule has 0 aliphatic heterocycles. The third-order valence-corrected chi connectivity index (χ3v) is 8.43. The van der Waals surface area contributed by atoms with E-state index in [0.29, 0.717) is 6.42 Å². The standard InChI is InChI=1S/C38H73NO3/c1-3-5-7-9-11-13-15-17-18-19-20-22-23-25-27-29-31-33-37(41)36(35-40)39-38(42)34-32-30-28-26-24-21-16-14-12-10-8-6-4-2/h14,16,31,33,36-37,40-41H,3-13,15,17-30,32,34-35H2,1-2H3,(H,39,42)/b16-14+,33-31+/t36-,37+/m0/s1. The molecular formula is C38H73NO3. The van der Waals surface area contributed by atoms with Crippen LogP contribution in [0.2, 0.25) is 0 Å². The van der Waals surface area contributed by atoms with Gasteiger partial charge in [0.2, 0.25) is 5.91 Å². The Labute approximate surface area is 262 Å². The van der Waals surface area contributed by atoms with E-state index in [1.165, 1.54) is 135 Å². The summed E-state index contributed by atoms with van der Waals surface area (Å²) in [5.41, 5.74) is 0. The van der Waals surface area contributed by atoms with Crippen molar-refractivity contribution >= 4 is 5.91 Å². The summed E-state index contributed by atoms with van der Waals surface area (Å²) in [6, 6.07) is -0.622. The number of hydrogen-bond donors (Lipinski definition) is 3. The number of aliphatic hydroxyl groups excluding tert-OH is 2. The lowest BCUT2D eigenvalue weighted by atomic mass is 10.0. The zero-order valence-electron chi connectivity index (χ0n) is 28.3. The first kappa shape index (κ1) is 40.9. The second-order valence-corrected chi connectivity index (χ2v) is 12.6. The second-order valence-electron chi connectivity index (χ2n) is 12.6. The number of hydrogen-bond acceptors (Lipinski definition) is 3. The van der Waals surface area contributed by atoms with E-state index >= 15 is 0 Å². The molecule has 4 nitrogen and oxygen atoms in total. The molecule has 0 rings (SSSR count). The minimum Gasteiger partial charge on any atom is -0.394 e. The number of rotatable bonds is 33. The Morgan fingerprint density at radius 3 is 1.33 bits per heavy atom. The third-order valence-electron chi connectivity index (χ3n) is 8.43. The molecule has 4 heteroatoms. The Hall–Kier alpha value is -1.13. The topological polar surface area (TPSA) is 69.6 Å². The van der Waals surface area contributed by atoms with Crippen LogP contribution in [0.15, 0.2) is 24.3 Å². The lowest BCUT2D eigenvalue weighted by Gasteiger charge is -2.20. The van der Waals surface area contributed by atoms with Crippen molar-refractivity contribution < 1.29 is 15.0 Å². The summed E-state index contributed by atoms with van der Waals surface area (Å²) in [5.74, 6) is -0.0742. The average Bonchev–Trinajstić information content (AvgIpc) is 2.99. The van der Waals surface area contributed by atoms with Gasteiger partial charge in [-0.05, 0) is 44.9 Å². The monoisotopic (exact) mass is 592 g/mol. The smallest absolute Gasteiger partial charge is 0.220 e. The maximum absolute atomic E-state index is 12.3. The predicted molar refractivity (Wildman–Crippen MR) is 184 cm³/mol. The molecule has 0 fully saturated rings. The molecule has 0 aliphatic carbocycles. The molecule has 1 amide bonds. The van der Waals surface area contributed by atoms with Crippen LogP contribution in [0, 0.1) is 0 Å². The van der Waals surface area contributed by atoms with Crippen molar-refractivity contribution in [2.24, 2.45) is 0 Å². The van der Waals surface area contributed by atoms with Gasteiger partial charge in [-0.25, -0.2) is 0 Å². The van der Waals surface area contributed by atoms with E-state index in [1.54, 1.807) is 6.08 Å². The summed E-state index contributed by atoms with van der Waals surface area (Å²) in [4.78, 5) is 12.3. The van der Waals surface area contributed by atoms with Crippen molar-refractivity contribution in [2.45, 2.75) is 206 Å². The summed E-state index contributed by atoms with van der Waals surface area (Å²) in [5, 5.41) is 22.9. The molecule has 0 aliphatic rings. The summed E-state index contributed by atoms with van der Waals surface area (Å²) < 4.78 is 0. The molecule has 3 N–H and O–H groups in total. The molecule has 2 atom stereocenters. The molecule has 0 unspecified atom stereocenters. The Morgan fingerprint density at radius 1 is 0.548 bits per heavy atom. The van der Waals surface area contributed by atoms with Gasteiger partial charge in [0.15, 0.2) is 0 Å². The van der Waals surface area contributed by atoms with Gasteiger partial charge >= 0.3 is 0 Å². The molecule has 0 bridgehead atoms. The van der Waals surface area contributed by atoms with Crippen LogP contribution < -0.4 is 5.32 Å². The number of carbonyl (C=O) groups is 1. The number of carbonyl (C=O) groups excluding carboxylic acids is 1. The van der Waals surface area contributed by atoms with Gasteiger partial charge in [-0.15, -0.1) is 0 Å². The van der Waals surface area contributed by atoms with E-state index < -0.39 is 12.1 Å². The Bertz CT molecular complexity index is 603. The van der Waals surface area contributed by atoms with Crippen molar-refractivity contribution in [3.8, 4) is 0 Å². The van der Waals surface area contributed by atoms with Gasteiger partial charge in [0.1, 0.15) is 0 Å². The molecule has 0 saturated heterocycles. The molecule has 0 aromatic carbocycles. The number of aliphatic hydroxyl groups is 2. The maximum atomic E-state index is 12.3. The van der Waals surface area contributed by atoms with Crippen molar-refractivity contribution in [1.82, 2.24) is 5.32 Å². The molecule has 0 aromatic heterocycles. The number of nitrogens with one attached hydrogen (secondary N) is 1. The van der Waals surface area contributed by atoms with Crippen LogP contribution in [0.3, 0.4) is 0 Å². The van der Waals surface area contributed by atoms with Gasteiger partial charge < -0.3 is 15.5 Å². The highest BCUT2D eigenvalue weighted by molar-refractivity contribution is 5.76. The average molecular weight is 592 g/mol. The highest BCUT2D eigenvalue weighted by atomic mass is 16.3. The Kier molecular flexibility index (Phi) is 33.4. The minimum atomic E-state index is -0.838. The lowest BCUT2D eigenvalue weighted by molar-refractivity contribution is -0.123. The van der Waals surface area contributed by atoms with Crippen LogP contribution in [-0.4, -0.2) is 34.9 Å². The van der Waals surface area contributed by atoms with E-state index in [9.17, 15) is 15.0 Å². The predicted octanol–water partition coefficient (Wildman–Crippen LogP) is 10.9. The van der Waals surface area contributed by atoms with Crippen molar-refractivity contribution in [1.29, 1.82) is 0 Å². The molecule has 0 saturated carbocycles. The fraction of sp³-hybridized carbons (Fsp3) is 0.868. The zero-order valence-corrected chi connectivity index (χ0v) is 28.3. The van der Waals surface area contributed by atoms with Gasteiger partial charge in [-0.1, -0.05) is 167 Å². The largest absolute Gasteiger partial charge is 0.394 e. The Morgan fingerprint density at radius 2 is 0.905 bits per heavy atom. The van der Waals surface area contributed by atoms with E-state index in [-0.39, 0.29) is 12.5 Å². The van der Waals surface area contributed by atoms with Gasteiger partial charge in [-0.3, -0.25) is 4.79 Å². The van der Waals surface area contributed by atoms with Gasteiger partial charge in [0, 0.05) is 6.42 Å². The molecule has 0 heterocycles. The quantitative estimate of drug-likeness (QED) is 0.0525. The highest BCUT2D eigenvalue weighted by Crippen LogP contribution is 2.14. The van der Waals surface area contributed by atoms with Crippen LogP contribution in [-0.2, 0) is 4.79 Å². The number of amides is 1. The van der Waals surface area contributed by atoms with E-state index in [1.807, 2.05) is 6.08 Å². The van der Waals surface area contributed by atoms with Crippen LogP contribution >= 0.6 is 0 Å². The fourth-order valence-electron chi connectivity index (χ4n) is 5.52. The summed E-state index contributed by atoms with van der Waals surface area (Å²) >= 11 is 0. The summed E-state index contributed by atoms with van der Waals surface area (Å²) in [6.45, 7) is 4.28. The summed E-state index contributed by atoms with van der Waals surface area (Å²) in [6.07, 6.45) is 42.6. The molecule has 0 spiro atoms. The van der Waals surface area contributed by atoms with Crippen LogP contribution in [0.25, 0.3) is 0 Å². The zero-order chi connectivity index (χ0) is 30.8. The summed E-state index contributed by atoms with van der Waals surface area (Å²) in [7, 11) is 0. The van der Waals surface area contributed by atoms with E-state index in [2.05, 4.69) is 31.3 Å². The number of unbranched alkanes of at least 4 members (excludes halogenated alkanes) is 24. The van der Waals surface area contributed by atoms with Crippen molar-refractivity contribution in [3.63, 3.8) is 0 Å². The van der Waals surface area contributed by atoms with Gasteiger partial charge in [-0.2, -0.15) is 0 Å². The first-order valence-electron chi connectivity index (χ1n) is 18.6. The molecular weight excluding hydrogens is 518 g/mol. The normalized spacial score (nSPS) is 13.3. The lowest BCUT2D eigenvalue weighted by Crippen LogP contribution is -2.45. The van der Waals surface area contributed by atoms with Crippen LogP contribution in [0.5, 0.6) is 0 Å². The highest BCUT2D eigenvalue weighted by Gasteiger charge is 2.17. The fourth-order valence-corrected chi connectivity index (χ4v) is 5.52. The Balaban J connectivity index is 3.62. The minimum absolute atomic E-state index is 0.0742. The van der Waals surface area contributed by atoms with Crippen LogP contribution in [0.1, 0.15) is 194 Å². The first-order chi connectivity index (χ1) is 20.7. The second kappa shape index (κ2) is 34.4. The number of allylic oxidation sites excluding steroid dienone is 3. The first-order valence-corrected chi connectivity index (χ1v) is 18.6. The van der Waals surface area contributed by atoms with E-state index in [4.69, 9.17) is 0 Å². The maximum Gasteiger partial charge on any atom is 0.220 e. The molecule has 0 radical (unpaired) electrons. The van der Waals surface area contributed by atoms with E-state index in [0.717, 1.165) is 38.5 Å². The van der Waals surface area contributed by atoms with Crippen LogP contribution in [0.4, 0.5) is 0 Å². The van der Waals surface area contributed by atoms with Gasteiger partial charge in [0.25, 0.3) is 0 Å². The molecule has 42 heavy (non-hydrogen) atoms. The van der Waals surface area contributed by atoms with Crippen molar-refractivity contribution in [3.05, 3.63) is 24.3 Å². The van der Waals surface area contributed by atoms with Crippen molar-refractivity contribution in [2.75, 3.05) is 6.61 Å².